The molecule has 0 aliphatic rings. The molecule has 0 unspecified atom stereocenters. The summed E-state index contributed by atoms with van der Waals surface area (Å²) in [5, 5.41) is 12.7. The zero-order chi connectivity index (χ0) is 20.2. The van der Waals surface area contributed by atoms with Crippen molar-refractivity contribution in [3.63, 3.8) is 0 Å². The van der Waals surface area contributed by atoms with Crippen molar-refractivity contribution < 1.29 is 4.92 Å². The fourth-order valence-electron chi connectivity index (χ4n) is 2.98. The molecule has 0 fully saturated rings. The van der Waals surface area contributed by atoms with E-state index in [9.17, 15) is 10.1 Å². The smallest absolute Gasteiger partial charge is 0.270 e. The van der Waals surface area contributed by atoms with E-state index in [0.29, 0.717) is 5.02 Å². The lowest BCUT2D eigenvalue weighted by molar-refractivity contribution is -0.384. The van der Waals surface area contributed by atoms with Crippen molar-refractivity contribution in [3.05, 3.63) is 106 Å². The first-order valence-corrected chi connectivity index (χ1v) is 10.2. The molecule has 29 heavy (non-hydrogen) atoms. The second-order valence-electron chi connectivity index (χ2n) is 6.32. The third kappa shape index (κ3) is 4.34. The van der Waals surface area contributed by atoms with Crippen molar-refractivity contribution in [2.24, 2.45) is 0 Å². The van der Waals surface area contributed by atoms with E-state index in [1.54, 1.807) is 30.1 Å². The largest absolute Gasteiger partial charge is 0.287 e. The first-order valence-electron chi connectivity index (χ1n) is 8.87. The first kappa shape index (κ1) is 19.2. The predicted molar refractivity (Wildman–Crippen MR) is 117 cm³/mol. The molecule has 4 aromatic rings. The Morgan fingerprint density at radius 1 is 1.00 bits per heavy atom. The summed E-state index contributed by atoms with van der Waals surface area (Å²) in [6.07, 6.45) is 1.75. The molecule has 0 aliphatic heterocycles. The molecule has 1 aromatic heterocycles. The summed E-state index contributed by atoms with van der Waals surface area (Å²) in [6.45, 7) is 0. The van der Waals surface area contributed by atoms with Crippen LogP contribution in [0, 0.1) is 10.1 Å². The van der Waals surface area contributed by atoms with Crippen LogP contribution in [-0.2, 0) is 5.75 Å². The molecule has 0 saturated carbocycles. The van der Waals surface area contributed by atoms with Gasteiger partial charge >= 0.3 is 0 Å². The van der Waals surface area contributed by atoms with E-state index in [2.05, 4.69) is 17.1 Å². The van der Waals surface area contributed by atoms with Crippen molar-refractivity contribution in [1.29, 1.82) is 0 Å². The second-order valence-corrected chi connectivity index (χ2v) is 7.70. The van der Waals surface area contributed by atoms with Crippen LogP contribution in [0.2, 0.25) is 5.02 Å². The maximum absolute atomic E-state index is 11.2. The number of nitro groups is 1. The highest BCUT2D eigenvalue weighted by Crippen LogP contribution is 2.33. The third-order valence-corrected chi connectivity index (χ3v) is 5.65. The summed E-state index contributed by atoms with van der Waals surface area (Å²) in [4.78, 5) is 15.4. The van der Waals surface area contributed by atoms with Gasteiger partial charge in [0.25, 0.3) is 5.69 Å². The number of halogens is 1. The normalized spacial score (nSPS) is 10.8. The minimum Gasteiger partial charge on any atom is -0.287 e. The van der Waals surface area contributed by atoms with Gasteiger partial charge in [0, 0.05) is 34.2 Å². The summed E-state index contributed by atoms with van der Waals surface area (Å²) in [6, 6.07) is 24.2. The second kappa shape index (κ2) is 8.51. The molecule has 0 radical (unpaired) electrons. The van der Waals surface area contributed by atoms with E-state index >= 15 is 0 Å². The average molecular weight is 422 g/mol. The molecule has 0 N–H and O–H groups in total. The van der Waals surface area contributed by atoms with Crippen LogP contribution in [0.5, 0.6) is 0 Å². The van der Waals surface area contributed by atoms with E-state index in [1.165, 1.54) is 11.6 Å². The number of benzene rings is 3. The maximum Gasteiger partial charge on any atom is 0.270 e. The van der Waals surface area contributed by atoms with Gasteiger partial charge < -0.3 is 0 Å². The van der Waals surface area contributed by atoms with E-state index in [0.717, 1.165) is 27.9 Å². The molecule has 0 saturated heterocycles. The molecular formula is C22H16ClN3O2S. The zero-order valence-corrected chi connectivity index (χ0v) is 16.8. The molecule has 7 heteroatoms. The van der Waals surface area contributed by atoms with Crippen LogP contribution in [0.3, 0.4) is 0 Å². The summed E-state index contributed by atoms with van der Waals surface area (Å²) < 4.78 is 2.00. The van der Waals surface area contributed by atoms with E-state index in [1.807, 2.05) is 53.1 Å². The Hall–Kier alpha value is -3.09. The summed E-state index contributed by atoms with van der Waals surface area (Å²) in [5.41, 5.74) is 3.65. The number of rotatable bonds is 6. The van der Waals surface area contributed by atoms with Gasteiger partial charge in [0.05, 0.1) is 16.8 Å². The lowest BCUT2D eigenvalue weighted by atomic mass is 10.1. The lowest BCUT2D eigenvalue weighted by Crippen LogP contribution is -1.99. The Labute approximate surface area is 177 Å². The summed E-state index contributed by atoms with van der Waals surface area (Å²) >= 11 is 7.67. The van der Waals surface area contributed by atoms with Gasteiger partial charge in [0.15, 0.2) is 5.16 Å². The van der Waals surface area contributed by atoms with Gasteiger partial charge in [-0.2, -0.15) is 0 Å². The highest BCUT2D eigenvalue weighted by atomic mass is 35.5. The number of hydrogen-bond acceptors (Lipinski definition) is 4. The van der Waals surface area contributed by atoms with Gasteiger partial charge in [0.2, 0.25) is 0 Å². The Morgan fingerprint density at radius 3 is 2.48 bits per heavy atom. The number of thioether (sulfide) groups is 1. The minimum atomic E-state index is -0.391. The number of non-ortho nitro benzene ring substituents is 1. The standard InChI is InChI=1S/C22H16ClN3O2S/c23-18-9-11-19(12-10-18)25-21(17-7-4-8-20(13-17)26(27)28)14-24-22(25)29-15-16-5-2-1-3-6-16/h1-14H,15H2. The van der Waals surface area contributed by atoms with Crippen LogP contribution in [-0.4, -0.2) is 14.5 Å². The van der Waals surface area contributed by atoms with Gasteiger partial charge in [-0.25, -0.2) is 4.98 Å². The topological polar surface area (TPSA) is 61.0 Å². The van der Waals surface area contributed by atoms with Crippen molar-refractivity contribution in [2.75, 3.05) is 0 Å². The number of nitrogens with zero attached hydrogens (tertiary/aromatic N) is 3. The van der Waals surface area contributed by atoms with Crippen molar-refractivity contribution in [1.82, 2.24) is 9.55 Å². The van der Waals surface area contributed by atoms with Crippen LogP contribution in [0.15, 0.2) is 90.2 Å². The molecule has 5 nitrogen and oxygen atoms in total. The number of imidazole rings is 1. The van der Waals surface area contributed by atoms with Crippen molar-refractivity contribution in [2.45, 2.75) is 10.9 Å². The SMILES string of the molecule is O=[N+]([O-])c1cccc(-c2cnc(SCc3ccccc3)n2-c2ccc(Cl)cc2)c1. The molecule has 0 bridgehead atoms. The highest BCUT2D eigenvalue weighted by molar-refractivity contribution is 7.98. The van der Waals surface area contributed by atoms with Crippen LogP contribution >= 0.6 is 23.4 Å². The van der Waals surface area contributed by atoms with E-state index in [4.69, 9.17) is 11.6 Å². The fraction of sp³-hybridized carbons (Fsp3) is 0.0455. The fourth-order valence-corrected chi connectivity index (χ4v) is 4.06. The monoisotopic (exact) mass is 421 g/mol. The Balaban J connectivity index is 1.77. The number of aromatic nitrogens is 2. The van der Waals surface area contributed by atoms with Crippen LogP contribution in [0.25, 0.3) is 16.9 Å². The first-order chi connectivity index (χ1) is 14.1. The quantitative estimate of drug-likeness (QED) is 0.205. The van der Waals surface area contributed by atoms with Crippen LogP contribution in [0.4, 0.5) is 5.69 Å². The zero-order valence-electron chi connectivity index (χ0n) is 15.2. The van der Waals surface area contributed by atoms with Gasteiger partial charge in [0.1, 0.15) is 0 Å². The molecule has 144 valence electrons. The average Bonchev–Trinajstić information content (AvgIpc) is 3.17. The number of nitro benzene ring substituents is 1. The molecule has 1 heterocycles. The summed E-state index contributed by atoms with van der Waals surface area (Å²) in [5.74, 6) is 0.764. The summed E-state index contributed by atoms with van der Waals surface area (Å²) in [7, 11) is 0. The van der Waals surface area contributed by atoms with Gasteiger partial charge in [-0.05, 0) is 29.8 Å². The van der Waals surface area contributed by atoms with Crippen molar-refractivity contribution >= 4 is 29.1 Å². The van der Waals surface area contributed by atoms with Gasteiger partial charge in [-0.15, -0.1) is 0 Å². The maximum atomic E-state index is 11.2. The molecule has 0 atom stereocenters. The third-order valence-electron chi connectivity index (χ3n) is 4.38. The molecule has 3 aromatic carbocycles. The Kier molecular flexibility index (Phi) is 5.64. The minimum absolute atomic E-state index is 0.0462. The lowest BCUT2D eigenvalue weighted by Gasteiger charge is -2.12. The van der Waals surface area contributed by atoms with Crippen molar-refractivity contribution in [3.8, 4) is 16.9 Å². The predicted octanol–water partition coefficient (Wildman–Crippen LogP) is 6.39. The Morgan fingerprint density at radius 2 is 1.76 bits per heavy atom. The molecular weight excluding hydrogens is 406 g/mol. The molecule has 0 aliphatic carbocycles. The van der Waals surface area contributed by atoms with E-state index < -0.39 is 4.92 Å². The highest BCUT2D eigenvalue weighted by Gasteiger charge is 2.16. The number of hydrogen-bond donors (Lipinski definition) is 0. The Bertz CT molecular complexity index is 1140. The molecule has 0 amide bonds. The van der Waals surface area contributed by atoms with Gasteiger partial charge in [-0.1, -0.05) is 65.8 Å². The van der Waals surface area contributed by atoms with Gasteiger partial charge in [-0.3, -0.25) is 14.7 Å². The molecule has 0 spiro atoms. The molecule has 4 rings (SSSR count). The van der Waals surface area contributed by atoms with Crippen LogP contribution in [0.1, 0.15) is 5.56 Å². The van der Waals surface area contributed by atoms with E-state index in [-0.39, 0.29) is 5.69 Å². The van der Waals surface area contributed by atoms with Crippen LogP contribution < -0.4 is 0 Å².